The van der Waals surface area contributed by atoms with E-state index in [9.17, 15) is 9.90 Å². The second-order valence-corrected chi connectivity index (χ2v) is 7.45. The molecule has 0 spiro atoms. The Morgan fingerprint density at radius 3 is 2.54 bits per heavy atom. The average molecular weight is 418 g/mol. The minimum Gasteiger partial charge on any atom is -0.507 e. The molecule has 0 atom stereocenters. The summed E-state index contributed by atoms with van der Waals surface area (Å²) in [6, 6.07) is 10.8. The molecule has 0 unspecified atom stereocenters. The Hall–Kier alpha value is -2.05. The highest BCUT2D eigenvalue weighted by Gasteiger charge is 2.18. The van der Waals surface area contributed by atoms with Crippen LogP contribution < -0.4 is 10.2 Å². The number of hydrogen-bond acceptors (Lipinski definition) is 4. The highest BCUT2D eigenvalue weighted by atomic mass is 79.9. The lowest BCUT2D eigenvalue weighted by Gasteiger charge is -2.36. The number of amides is 1. The van der Waals surface area contributed by atoms with Gasteiger partial charge in [0.15, 0.2) is 0 Å². The van der Waals surface area contributed by atoms with Gasteiger partial charge < -0.3 is 20.2 Å². The number of phenols is 1. The van der Waals surface area contributed by atoms with Crippen LogP contribution in [-0.4, -0.2) is 48.6 Å². The molecule has 6 heteroatoms. The standard InChI is InChI=1S/C20H24BrN3O2/c1-3-23-8-10-24(11-9-23)18-6-5-16(12-14(18)2)22-20(26)17-13-15(21)4-7-19(17)25/h4-7,12-13,25H,3,8-11H2,1-2H3,(H,22,26). The molecule has 1 saturated heterocycles. The first-order valence-corrected chi connectivity index (χ1v) is 9.65. The fraction of sp³-hybridized carbons (Fsp3) is 0.350. The van der Waals surface area contributed by atoms with E-state index in [0.717, 1.165) is 48.4 Å². The maximum atomic E-state index is 12.4. The summed E-state index contributed by atoms with van der Waals surface area (Å²) in [5.74, 6) is -0.361. The predicted molar refractivity (Wildman–Crippen MR) is 109 cm³/mol. The summed E-state index contributed by atoms with van der Waals surface area (Å²) in [5, 5.41) is 12.8. The highest BCUT2D eigenvalue weighted by molar-refractivity contribution is 9.10. The molecule has 0 aliphatic carbocycles. The van der Waals surface area contributed by atoms with Crippen LogP contribution in [0.1, 0.15) is 22.8 Å². The van der Waals surface area contributed by atoms with E-state index in [2.05, 4.69) is 51.0 Å². The van der Waals surface area contributed by atoms with Gasteiger partial charge in [-0.3, -0.25) is 4.79 Å². The van der Waals surface area contributed by atoms with Crippen molar-refractivity contribution >= 4 is 33.2 Å². The molecule has 2 aromatic rings. The van der Waals surface area contributed by atoms with Gasteiger partial charge in [-0.1, -0.05) is 22.9 Å². The smallest absolute Gasteiger partial charge is 0.259 e. The molecule has 3 rings (SSSR count). The number of rotatable bonds is 4. The van der Waals surface area contributed by atoms with Crippen LogP contribution >= 0.6 is 15.9 Å². The summed E-state index contributed by atoms with van der Waals surface area (Å²) in [7, 11) is 0. The van der Waals surface area contributed by atoms with Crippen molar-refractivity contribution < 1.29 is 9.90 Å². The Morgan fingerprint density at radius 2 is 1.88 bits per heavy atom. The molecule has 5 nitrogen and oxygen atoms in total. The van der Waals surface area contributed by atoms with Gasteiger partial charge in [0, 0.05) is 42.0 Å². The fourth-order valence-corrected chi connectivity index (χ4v) is 3.64. The molecule has 0 aromatic heterocycles. The number of carbonyl (C=O) groups excluding carboxylic acids is 1. The third-order valence-corrected chi connectivity index (χ3v) is 5.31. The number of piperazine rings is 1. The highest BCUT2D eigenvalue weighted by Crippen LogP contribution is 2.27. The van der Waals surface area contributed by atoms with E-state index in [1.54, 1.807) is 12.1 Å². The van der Waals surface area contributed by atoms with Gasteiger partial charge in [0.05, 0.1) is 5.56 Å². The Kier molecular flexibility index (Phi) is 5.84. The van der Waals surface area contributed by atoms with Gasteiger partial charge in [-0.15, -0.1) is 0 Å². The first-order valence-electron chi connectivity index (χ1n) is 8.85. The number of nitrogens with zero attached hydrogens (tertiary/aromatic N) is 2. The van der Waals surface area contributed by atoms with E-state index in [0.29, 0.717) is 0 Å². The van der Waals surface area contributed by atoms with Gasteiger partial charge in [-0.25, -0.2) is 0 Å². The Bertz CT molecular complexity index is 802. The number of anilines is 2. The SMILES string of the molecule is CCN1CCN(c2ccc(NC(=O)c3cc(Br)ccc3O)cc2C)CC1. The summed E-state index contributed by atoms with van der Waals surface area (Å²) < 4.78 is 0.748. The van der Waals surface area contributed by atoms with E-state index in [1.165, 1.54) is 11.8 Å². The van der Waals surface area contributed by atoms with Gasteiger partial charge in [0.25, 0.3) is 5.91 Å². The number of likely N-dealkylation sites (N-methyl/N-ethyl adjacent to an activating group) is 1. The first kappa shape index (κ1) is 18.7. The van der Waals surface area contributed by atoms with Crippen LogP contribution in [-0.2, 0) is 0 Å². The van der Waals surface area contributed by atoms with Crippen molar-refractivity contribution in [2.24, 2.45) is 0 Å². The van der Waals surface area contributed by atoms with E-state index < -0.39 is 0 Å². The molecule has 0 bridgehead atoms. The zero-order chi connectivity index (χ0) is 18.7. The number of benzene rings is 2. The maximum Gasteiger partial charge on any atom is 0.259 e. The molecule has 1 aliphatic rings. The number of aryl methyl sites for hydroxylation is 1. The Labute approximate surface area is 162 Å². The van der Waals surface area contributed by atoms with Crippen LogP contribution in [0.15, 0.2) is 40.9 Å². The molecular weight excluding hydrogens is 394 g/mol. The number of phenolic OH excluding ortho intramolecular Hbond substituents is 1. The zero-order valence-corrected chi connectivity index (χ0v) is 16.7. The molecule has 26 heavy (non-hydrogen) atoms. The molecule has 0 radical (unpaired) electrons. The quantitative estimate of drug-likeness (QED) is 0.792. The molecule has 1 amide bonds. The van der Waals surface area contributed by atoms with Crippen LogP contribution in [0.25, 0.3) is 0 Å². The van der Waals surface area contributed by atoms with Gasteiger partial charge in [0.1, 0.15) is 5.75 Å². The fourth-order valence-electron chi connectivity index (χ4n) is 3.28. The lowest BCUT2D eigenvalue weighted by atomic mass is 10.1. The average Bonchev–Trinajstić information content (AvgIpc) is 2.64. The van der Waals surface area contributed by atoms with Crippen LogP contribution in [0.2, 0.25) is 0 Å². The van der Waals surface area contributed by atoms with Gasteiger partial charge >= 0.3 is 0 Å². The van der Waals surface area contributed by atoms with Crippen LogP contribution in [0.3, 0.4) is 0 Å². The minimum atomic E-state index is -0.326. The molecule has 2 aromatic carbocycles. The Balaban J connectivity index is 1.71. The largest absolute Gasteiger partial charge is 0.507 e. The van der Waals surface area contributed by atoms with Gasteiger partial charge in [0.2, 0.25) is 0 Å². The zero-order valence-electron chi connectivity index (χ0n) is 15.1. The first-order chi connectivity index (χ1) is 12.5. The monoisotopic (exact) mass is 417 g/mol. The number of carbonyl (C=O) groups is 1. The number of aromatic hydroxyl groups is 1. The molecule has 2 N–H and O–H groups in total. The molecule has 0 saturated carbocycles. The lowest BCUT2D eigenvalue weighted by Crippen LogP contribution is -2.46. The van der Waals surface area contributed by atoms with Crippen LogP contribution in [0, 0.1) is 6.92 Å². The van der Waals surface area contributed by atoms with Gasteiger partial charge in [-0.2, -0.15) is 0 Å². The summed E-state index contributed by atoms with van der Waals surface area (Å²) in [6.45, 7) is 9.56. The van der Waals surface area contributed by atoms with Crippen molar-refractivity contribution in [2.45, 2.75) is 13.8 Å². The van der Waals surface area contributed by atoms with Gasteiger partial charge in [-0.05, 0) is 55.4 Å². The normalized spacial score (nSPS) is 15.1. The van der Waals surface area contributed by atoms with Crippen molar-refractivity contribution in [3.63, 3.8) is 0 Å². The second kappa shape index (κ2) is 8.10. The number of nitrogens with one attached hydrogen (secondary N) is 1. The van der Waals surface area contributed by atoms with E-state index in [4.69, 9.17) is 0 Å². The molecular formula is C20H24BrN3O2. The second-order valence-electron chi connectivity index (χ2n) is 6.54. The van der Waals surface area contributed by atoms with E-state index >= 15 is 0 Å². The number of halogens is 1. The lowest BCUT2D eigenvalue weighted by molar-refractivity contribution is 0.102. The maximum absolute atomic E-state index is 12.4. The van der Waals surface area contributed by atoms with Crippen LogP contribution in [0.4, 0.5) is 11.4 Å². The van der Waals surface area contributed by atoms with Crippen molar-refractivity contribution in [1.82, 2.24) is 4.90 Å². The molecule has 1 fully saturated rings. The summed E-state index contributed by atoms with van der Waals surface area (Å²) in [6.07, 6.45) is 0. The van der Waals surface area contributed by atoms with Crippen molar-refractivity contribution in [1.29, 1.82) is 0 Å². The molecule has 1 aliphatic heterocycles. The number of hydrogen-bond donors (Lipinski definition) is 2. The third-order valence-electron chi connectivity index (χ3n) is 4.82. The van der Waals surface area contributed by atoms with Crippen molar-refractivity contribution in [2.75, 3.05) is 42.9 Å². The van der Waals surface area contributed by atoms with Crippen LogP contribution in [0.5, 0.6) is 5.75 Å². The topological polar surface area (TPSA) is 55.8 Å². The minimum absolute atomic E-state index is 0.0344. The predicted octanol–water partition coefficient (Wildman–Crippen LogP) is 3.86. The summed E-state index contributed by atoms with van der Waals surface area (Å²) in [4.78, 5) is 17.3. The Morgan fingerprint density at radius 1 is 1.15 bits per heavy atom. The van der Waals surface area contributed by atoms with Crippen molar-refractivity contribution in [3.8, 4) is 5.75 Å². The van der Waals surface area contributed by atoms with E-state index in [1.807, 2.05) is 12.1 Å². The van der Waals surface area contributed by atoms with Crippen molar-refractivity contribution in [3.05, 3.63) is 52.0 Å². The third kappa shape index (κ3) is 4.19. The summed E-state index contributed by atoms with van der Waals surface area (Å²) in [5.41, 5.74) is 3.31. The summed E-state index contributed by atoms with van der Waals surface area (Å²) >= 11 is 3.32. The van der Waals surface area contributed by atoms with E-state index in [-0.39, 0.29) is 17.2 Å². The molecule has 1 heterocycles. The molecule has 138 valence electrons.